The minimum absolute atomic E-state index is 0.281. The van der Waals surface area contributed by atoms with Crippen molar-refractivity contribution < 1.29 is 27.5 Å². The number of para-hydroxylation sites is 1. The average Bonchev–Trinajstić information content (AvgIpc) is 3.04. The molecule has 0 aliphatic carbocycles. The number of hydrogen-bond donors (Lipinski definition) is 0. The summed E-state index contributed by atoms with van der Waals surface area (Å²) >= 11 is 1.12. The number of methoxy groups -OCH3 is 1. The summed E-state index contributed by atoms with van der Waals surface area (Å²) in [7, 11) is 1.13. The molecular formula is C15H14F3NO3S. The zero-order chi connectivity index (χ0) is 16.9. The van der Waals surface area contributed by atoms with Gasteiger partial charge in [0.05, 0.1) is 19.2 Å². The van der Waals surface area contributed by atoms with Crippen molar-refractivity contribution in [3.8, 4) is 0 Å². The summed E-state index contributed by atoms with van der Waals surface area (Å²) in [5, 5.41) is 2.38. The molecule has 4 nitrogen and oxygen atoms in total. The van der Waals surface area contributed by atoms with Crippen molar-refractivity contribution >= 4 is 23.1 Å². The van der Waals surface area contributed by atoms with Gasteiger partial charge in [0.1, 0.15) is 6.10 Å². The molecule has 0 saturated carbocycles. The quantitative estimate of drug-likeness (QED) is 0.720. The lowest BCUT2D eigenvalue weighted by Crippen LogP contribution is -2.33. The number of alkyl halides is 3. The maximum atomic E-state index is 12.8. The van der Waals surface area contributed by atoms with Crippen molar-refractivity contribution in [1.29, 1.82) is 0 Å². The lowest BCUT2D eigenvalue weighted by Gasteiger charge is -2.26. The Labute approximate surface area is 135 Å². The van der Waals surface area contributed by atoms with E-state index in [-0.39, 0.29) is 5.69 Å². The number of anilines is 1. The minimum atomic E-state index is -4.44. The van der Waals surface area contributed by atoms with Crippen LogP contribution < -0.4 is 5.06 Å². The Morgan fingerprint density at radius 1 is 1.22 bits per heavy atom. The van der Waals surface area contributed by atoms with Gasteiger partial charge in [-0.15, -0.1) is 11.3 Å². The van der Waals surface area contributed by atoms with Gasteiger partial charge < -0.3 is 4.74 Å². The maximum Gasteiger partial charge on any atom is 0.438 e. The van der Waals surface area contributed by atoms with E-state index in [1.54, 1.807) is 29.6 Å². The van der Waals surface area contributed by atoms with E-state index in [2.05, 4.69) is 4.74 Å². The Bertz CT molecular complexity index is 617. The van der Waals surface area contributed by atoms with E-state index in [1.165, 1.54) is 18.2 Å². The monoisotopic (exact) mass is 345 g/mol. The molecule has 0 bridgehead atoms. The molecule has 8 heteroatoms. The lowest BCUT2D eigenvalue weighted by atomic mass is 10.2. The number of rotatable bonds is 5. The van der Waals surface area contributed by atoms with Gasteiger partial charge in [0.2, 0.25) is 0 Å². The third-order valence-corrected chi connectivity index (χ3v) is 3.81. The van der Waals surface area contributed by atoms with Gasteiger partial charge in [0.25, 0.3) is 0 Å². The Balaban J connectivity index is 2.28. The van der Waals surface area contributed by atoms with Crippen molar-refractivity contribution in [3.05, 3.63) is 52.7 Å². The van der Waals surface area contributed by atoms with Gasteiger partial charge in [-0.05, 0) is 23.6 Å². The predicted molar refractivity (Wildman–Crippen MR) is 80.1 cm³/mol. The van der Waals surface area contributed by atoms with Gasteiger partial charge in [0, 0.05) is 4.88 Å². The molecule has 1 heterocycles. The second-order valence-corrected chi connectivity index (χ2v) is 5.51. The van der Waals surface area contributed by atoms with Crippen molar-refractivity contribution in [1.82, 2.24) is 0 Å². The van der Waals surface area contributed by atoms with Gasteiger partial charge in [-0.25, -0.2) is 4.79 Å². The molecule has 0 spiro atoms. The second kappa shape index (κ2) is 7.47. The minimum Gasteiger partial charge on any atom is -0.451 e. The van der Waals surface area contributed by atoms with Gasteiger partial charge in [-0.3, -0.25) is 4.84 Å². The second-order valence-electron chi connectivity index (χ2n) is 4.53. The fourth-order valence-corrected chi connectivity index (χ4v) is 2.61. The highest BCUT2D eigenvalue weighted by Crippen LogP contribution is 2.35. The first kappa shape index (κ1) is 17.3. The fraction of sp³-hybridized carbons (Fsp3) is 0.267. The Morgan fingerprint density at radius 3 is 2.43 bits per heavy atom. The van der Waals surface area contributed by atoms with Crippen LogP contribution in [-0.4, -0.2) is 19.4 Å². The van der Waals surface area contributed by atoms with E-state index in [4.69, 9.17) is 4.84 Å². The number of nitrogens with zero attached hydrogens (tertiary/aromatic N) is 1. The number of carbonyl (C=O) groups excluding carboxylic acids is 1. The Hall–Kier alpha value is -2.06. The lowest BCUT2D eigenvalue weighted by molar-refractivity contribution is -0.162. The smallest absolute Gasteiger partial charge is 0.438 e. The molecule has 0 radical (unpaired) electrons. The number of hydrogen-bond acceptors (Lipinski definition) is 4. The molecule has 0 fully saturated rings. The van der Waals surface area contributed by atoms with Crippen LogP contribution in [0, 0.1) is 0 Å². The molecule has 1 amide bonds. The first-order valence-corrected chi connectivity index (χ1v) is 7.48. The molecule has 2 aromatic rings. The summed E-state index contributed by atoms with van der Waals surface area (Å²) in [5.41, 5.74) is 0.281. The van der Waals surface area contributed by atoms with Crippen LogP contribution in [0.5, 0.6) is 0 Å². The molecule has 2 rings (SSSR count). The average molecular weight is 345 g/mol. The summed E-state index contributed by atoms with van der Waals surface area (Å²) in [6.45, 7) is 0. The fourth-order valence-electron chi connectivity index (χ4n) is 1.86. The molecule has 0 aliphatic rings. The molecular weight excluding hydrogens is 331 g/mol. The van der Waals surface area contributed by atoms with Crippen LogP contribution in [0.25, 0.3) is 0 Å². The number of ether oxygens (including phenoxy) is 1. The highest BCUT2D eigenvalue weighted by atomic mass is 32.1. The molecule has 1 atom stereocenters. The molecule has 124 valence electrons. The summed E-state index contributed by atoms with van der Waals surface area (Å²) in [6, 6.07) is 11.2. The van der Waals surface area contributed by atoms with E-state index in [1.807, 2.05) is 0 Å². The van der Waals surface area contributed by atoms with Crippen LogP contribution >= 0.6 is 11.3 Å². The summed E-state index contributed by atoms with van der Waals surface area (Å²) < 4.78 is 43.1. The summed E-state index contributed by atoms with van der Waals surface area (Å²) in [5.74, 6) is 0. The van der Waals surface area contributed by atoms with Crippen LogP contribution in [0.4, 0.5) is 23.7 Å². The van der Waals surface area contributed by atoms with E-state index < -0.39 is 24.8 Å². The van der Waals surface area contributed by atoms with E-state index >= 15 is 0 Å². The molecule has 1 aromatic heterocycles. The van der Waals surface area contributed by atoms with Gasteiger partial charge in [-0.1, -0.05) is 24.3 Å². The van der Waals surface area contributed by atoms with Crippen molar-refractivity contribution in [2.45, 2.75) is 18.7 Å². The number of hydroxylamine groups is 1. The first-order chi connectivity index (χ1) is 10.9. The standard InChI is InChI=1S/C15H14F3NO3S/c1-21-14(20)19(11-6-3-2-4-7-11)22-12(10-15(16,17)18)13-8-5-9-23-13/h2-9,12H,10H2,1H3. The highest BCUT2D eigenvalue weighted by Gasteiger charge is 2.36. The summed E-state index contributed by atoms with van der Waals surface area (Å²) in [6.07, 6.45) is -7.89. The van der Waals surface area contributed by atoms with Gasteiger partial charge >= 0.3 is 12.3 Å². The van der Waals surface area contributed by atoms with Crippen LogP contribution in [0.15, 0.2) is 47.8 Å². The van der Waals surface area contributed by atoms with Gasteiger partial charge in [0.15, 0.2) is 0 Å². The number of carbonyl (C=O) groups is 1. The number of amides is 1. The first-order valence-electron chi connectivity index (χ1n) is 6.61. The van der Waals surface area contributed by atoms with Crippen molar-refractivity contribution in [2.75, 3.05) is 12.2 Å². The Morgan fingerprint density at radius 2 is 1.91 bits per heavy atom. The predicted octanol–water partition coefficient (Wildman–Crippen LogP) is 4.95. The van der Waals surface area contributed by atoms with Crippen LogP contribution in [0.2, 0.25) is 0 Å². The molecule has 0 saturated heterocycles. The number of thiophene rings is 1. The molecule has 1 aromatic carbocycles. The molecule has 1 unspecified atom stereocenters. The molecule has 23 heavy (non-hydrogen) atoms. The normalized spacial score (nSPS) is 12.7. The number of halogens is 3. The SMILES string of the molecule is COC(=O)N(OC(CC(F)(F)F)c1cccs1)c1ccccc1. The largest absolute Gasteiger partial charge is 0.451 e. The van der Waals surface area contributed by atoms with Crippen molar-refractivity contribution in [2.24, 2.45) is 0 Å². The summed E-state index contributed by atoms with van der Waals surface area (Å²) in [4.78, 5) is 17.6. The van der Waals surface area contributed by atoms with Crippen LogP contribution in [0.3, 0.4) is 0 Å². The third-order valence-electron chi connectivity index (χ3n) is 2.84. The molecule has 0 N–H and O–H groups in total. The van der Waals surface area contributed by atoms with Crippen LogP contribution in [-0.2, 0) is 9.57 Å². The van der Waals surface area contributed by atoms with E-state index in [0.717, 1.165) is 23.5 Å². The highest BCUT2D eigenvalue weighted by molar-refractivity contribution is 7.10. The zero-order valence-electron chi connectivity index (χ0n) is 12.1. The maximum absolute atomic E-state index is 12.8. The van der Waals surface area contributed by atoms with E-state index in [9.17, 15) is 18.0 Å². The molecule has 0 aliphatic heterocycles. The third kappa shape index (κ3) is 4.97. The Kier molecular flexibility index (Phi) is 5.62. The van der Waals surface area contributed by atoms with Crippen molar-refractivity contribution in [3.63, 3.8) is 0 Å². The topological polar surface area (TPSA) is 38.8 Å². The number of benzene rings is 1. The zero-order valence-corrected chi connectivity index (χ0v) is 12.9. The van der Waals surface area contributed by atoms with E-state index in [0.29, 0.717) is 4.88 Å². The van der Waals surface area contributed by atoms with Crippen LogP contribution in [0.1, 0.15) is 17.4 Å². The van der Waals surface area contributed by atoms with Gasteiger partial charge in [-0.2, -0.15) is 18.2 Å².